The van der Waals surface area contributed by atoms with E-state index in [-0.39, 0.29) is 11.9 Å². The zero-order valence-corrected chi connectivity index (χ0v) is 16.0. The van der Waals surface area contributed by atoms with Crippen LogP contribution in [0.4, 0.5) is 0 Å². The van der Waals surface area contributed by atoms with E-state index >= 15 is 0 Å². The summed E-state index contributed by atoms with van der Waals surface area (Å²) in [6, 6.07) is 16.8. The van der Waals surface area contributed by atoms with Crippen LogP contribution in [0.2, 0.25) is 0 Å². The number of carbonyl (C=O) groups excluding carboxylic acids is 1. The Balaban J connectivity index is 1.83. The molecule has 4 heteroatoms. The number of amides is 1. The Bertz CT molecular complexity index is 739. The molecule has 0 aliphatic carbocycles. The molecule has 1 aliphatic rings. The molecule has 138 valence electrons. The minimum atomic E-state index is 0.0830. The minimum absolute atomic E-state index is 0.0830. The predicted molar refractivity (Wildman–Crippen MR) is 106 cm³/mol. The molecule has 1 atom stereocenters. The highest BCUT2D eigenvalue weighted by molar-refractivity contribution is 5.94. The Morgan fingerprint density at radius 1 is 1.15 bits per heavy atom. The monoisotopic (exact) mass is 351 g/mol. The standard InChI is InChI=1S/C22H29N3O/c1-4-17-8-10-19(11-9-17)21-15-23-12-13-25(21)22(26)20-7-5-6-18(14-20)16-24(2)3/h5-11,14,21,23H,4,12-13,15-16H2,1-3H3. The molecule has 0 radical (unpaired) electrons. The molecule has 0 saturated carbocycles. The molecule has 1 heterocycles. The zero-order chi connectivity index (χ0) is 18.5. The smallest absolute Gasteiger partial charge is 0.254 e. The van der Waals surface area contributed by atoms with E-state index in [1.807, 2.05) is 37.2 Å². The number of benzene rings is 2. The quantitative estimate of drug-likeness (QED) is 0.899. The van der Waals surface area contributed by atoms with Crippen LogP contribution >= 0.6 is 0 Å². The lowest BCUT2D eigenvalue weighted by molar-refractivity contribution is 0.0634. The first-order chi connectivity index (χ1) is 12.6. The fourth-order valence-corrected chi connectivity index (χ4v) is 3.55. The number of hydrogen-bond acceptors (Lipinski definition) is 3. The molecule has 1 unspecified atom stereocenters. The number of aryl methyl sites for hydroxylation is 1. The molecule has 0 aromatic heterocycles. The van der Waals surface area contributed by atoms with E-state index in [4.69, 9.17) is 0 Å². The number of nitrogens with one attached hydrogen (secondary N) is 1. The summed E-state index contributed by atoms with van der Waals surface area (Å²) in [6.45, 7) is 5.37. The molecule has 1 saturated heterocycles. The summed E-state index contributed by atoms with van der Waals surface area (Å²) in [5.74, 6) is 0.122. The Morgan fingerprint density at radius 2 is 1.92 bits per heavy atom. The number of piperazine rings is 1. The molecule has 4 nitrogen and oxygen atoms in total. The second-order valence-corrected chi connectivity index (χ2v) is 7.25. The van der Waals surface area contributed by atoms with Gasteiger partial charge in [-0.25, -0.2) is 0 Å². The van der Waals surface area contributed by atoms with E-state index < -0.39 is 0 Å². The number of carbonyl (C=O) groups is 1. The van der Waals surface area contributed by atoms with Gasteiger partial charge < -0.3 is 15.1 Å². The highest BCUT2D eigenvalue weighted by Crippen LogP contribution is 2.25. The van der Waals surface area contributed by atoms with Crippen molar-refractivity contribution in [1.82, 2.24) is 15.1 Å². The van der Waals surface area contributed by atoms with Gasteiger partial charge in [0.1, 0.15) is 0 Å². The summed E-state index contributed by atoms with van der Waals surface area (Å²) in [5, 5.41) is 3.44. The number of nitrogens with zero attached hydrogens (tertiary/aromatic N) is 2. The Hall–Kier alpha value is -2.17. The summed E-state index contributed by atoms with van der Waals surface area (Å²) < 4.78 is 0. The van der Waals surface area contributed by atoms with Crippen LogP contribution in [0.5, 0.6) is 0 Å². The van der Waals surface area contributed by atoms with E-state index in [0.717, 1.165) is 38.2 Å². The van der Waals surface area contributed by atoms with E-state index in [2.05, 4.69) is 47.5 Å². The fourth-order valence-electron chi connectivity index (χ4n) is 3.55. The van der Waals surface area contributed by atoms with Gasteiger partial charge in [0.2, 0.25) is 0 Å². The summed E-state index contributed by atoms with van der Waals surface area (Å²) in [5.41, 5.74) is 4.47. The normalized spacial score (nSPS) is 17.5. The third kappa shape index (κ3) is 4.32. The molecule has 26 heavy (non-hydrogen) atoms. The average molecular weight is 351 g/mol. The van der Waals surface area contributed by atoms with Crippen LogP contribution in [-0.2, 0) is 13.0 Å². The van der Waals surface area contributed by atoms with Crippen molar-refractivity contribution >= 4 is 5.91 Å². The molecular weight excluding hydrogens is 322 g/mol. The molecular formula is C22H29N3O. The van der Waals surface area contributed by atoms with Gasteiger partial charge in [0, 0.05) is 31.7 Å². The number of hydrogen-bond donors (Lipinski definition) is 1. The van der Waals surface area contributed by atoms with Gasteiger partial charge in [0.15, 0.2) is 0 Å². The maximum Gasteiger partial charge on any atom is 0.254 e. The van der Waals surface area contributed by atoms with Crippen molar-refractivity contribution in [2.45, 2.75) is 25.9 Å². The van der Waals surface area contributed by atoms with Gasteiger partial charge in [-0.2, -0.15) is 0 Å². The van der Waals surface area contributed by atoms with Crippen LogP contribution in [-0.4, -0.2) is 49.4 Å². The highest BCUT2D eigenvalue weighted by Gasteiger charge is 2.28. The first-order valence-electron chi connectivity index (χ1n) is 9.42. The maximum atomic E-state index is 13.2. The van der Waals surface area contributed by atoms with E-state index in [0.29, 0.717) is 0 Å². The molecule has 2 aromatic carbocycles. The van der Waals surface area contributed by atoms with Crippen LogP contribution in [0.3, 0.4) is 0 Å². The lowest BCUT2D eigenvalue weighted by Gasteiger charge is -2.36. The van der Waals surface area contributed by atoms with Crippen molar-refractivity contribution in [3.05, 3.63) is 70.8 Å². The first kappa shape index (κ1) is 18.6. The van der Waals surface area contributed by atoms with Crippen LogP contribution in [0.15, 0.2) is 48.5 Å². The van der Waals surface area contributed by atoms with Gasteiger partial charge in [-0.15, -0.1) is 0 Å². The topological polar surface area (TPSA) is 35.6 Å². The van der Waals surface area contributed by atoms with Crippen molar-refractivity contribution in [2.24, 2.45) is 0 Å². The molecule has 3 rings (SSSR count). The first-order valence-corrected chi connectivity index (χ1v) is 9.42. The lowest BCUT2D eigenvalue weighted by atomic mass is 9.99. The van der Waals surface area contributed by atoms with Gasteiger partial charge in [-0.05, 0) is 49.3 Å². The molecule has 2 aromatic rings. The van der Waals surface area contributed by atoms with Crippen molar-refractivity contribution in [3.63, 3.8) is 0 Å². The second kappa shape index (κ2) is 8.47. The van der Waals surface area contributed by atoms with E-state index in [1.54, 1.807) is 0 Å². The SMILES string of the molecule is CCc1ccc(C2CNCCN2C(=O)c2cccc(CN(C)C)c2)cc1. The second-order valence-electron chi connectivity index (χ2n) is 7.25. The van der Waals surface area contributed by atoms with Gasteiger partial charge in [0.25, 0.3) is 5.91 Å². The Kier molecular flexibility index (Phi) is 6.07. The summed E-state index contributed by atoms with van der Waals surface area (Å²) in [7, 11) is 4.08. The molecule has 0 bridgehead atoms. The molecule has 1 N–H and O–H groups in total. The van der Waals surface area contributed by atoms with Crippen LogP contribution in [0, 0.1) is 0 Å². The van der Waals surface area contributed by atoms with Gasteiger partial charge >= 0.3 is 0 Å². The van der Waals surface area contributed by atoms with Gasteiger partial charge in [-0.1, -0.05) is 43.3 Å². The van der Waals surface area contributed by atoms with Gasteiger partial charge in [0.05, 0.1) is 6.04 Å². The van der Waals surface area contributed by atoms with Crippen LogP contribution < -0.4 is 5.32 Å². The molecule has 0 spiro atoms. The van der Waals surface area contributed by atoms with E-state index in [9.17, 15) is 4.79 Å². The molecule has 1 fully saturated rings. The predicted octanol–water partition coefficient (Wildman–Crippen LogP) is 3.10. The lowest BCUT2D eigenvalue weighted by Crippen LogP contribution is -2.48. The molecule has 1 amide bonds. The summed E-state index contributed by atoms with van der Waals surface area (Å²) in [6.07, 6.45) is 1.03. The minimum Gasteiger partial charge on any atom is -0.329 e. The number of rotatable bonds is 5. The van der Waals surface area contributed by atoms with Crippen LogP contribution in [0.1, 0.15) is 40.0 Å². The highest BCUT2D eigenvalue weighted by atomic mass is 16.2. The third-order valence-corrected chi connectivity index (χ3v) is 4.95. The third-order valence-electron chi connectivity index (χ3n) is 4.95. The largest absolute Gasteiger partial charge is 0.329 e. The Morgan fingerprint density at radius 3 is 2.62 bits per heavy atom. The molecule has 1 aliphatic heterocycles. The average Bonchev–Trinajstić information content (AvgIpc) is 2.67. The maximum absolute atomic E-state index is 13.2. The van der Waals surface area contributed by atoms with E-state index in [1.165, 1.54) is 16.7 Å². The fraction of sp³-hybridized carbons (Fsp3) is 0.409. The van der Waals surface area contributed by atoms with Crippen molar-refractivity contribution in [1.29, 1.82) is 0 Å². The van der Waals surface area contributed by atoms with Crippen molar-refractivity contribution < 1.29 is 4.79 Å². The van der Waals surface area contributed by atoms with Crippen LogP contribution in [0.25, 0.3) is 0 Å². The van der Waals surface area contributed by atoms with Gasteiger partial charge in [-0.3, -0.25) is 4.79 Å². The van der Waals surface area contributed by atoms with Crippen molar-refractivity contribution in [3.8, 4) is 0 Å². The Labute approximate surface area is 156 Å². The summed E-state index contributed by atoms with van der Waals surface area (Å²) in [4.78, 5) is 17.4. The zero-order valence-electron chi connectivity index (χ0n) is 16.0. The summed E-state index contributed by atoms with van der Waals surface area (Å²) >= 11 is 0. The van der Waals surface area contributed by atoms with Crippen molar-refractivity contribution in [2.75, 3.05) is 33.7 Å².